The van der Waals surface area contributed by atoms with Gasteiger partial charge in [0.05, 0.1) is 11.8 Å². The zero-order chi connectivity index (χ0) is 29.5. The molecule has 2 aromatic carbocycles. The van der Waals surface area contributed by atoms with E-state index in [1.165, 1.54) is 29.2 Å². The predicted molar refractivity (Wildman–Crippen MR) is 158 cm³/mol. The van der Waals surface area contributed by atoms with Crippen molar-refractivity contribution in [2.45, 2.75) is 69.7 Å². The third kappa shape index (κ3) is 7.14. The molecular formula is C31H36FN5O4S. The fourth-order valence-corrected chi connectivity index (χ4v) is 6.30. The molecule has 3 amide bonds. The number of nitrogens with one attached hydrogen (secondary N) is 2. The van der Waals surface area contributed by atoms with Gasteiger partial charge in [0.1, 0.15) is 16.7 Å². The van der Waals surface area contributed by atoms with E-state index in [4.69, 9.17) is 10.5 Å². The number of nitrogen functional groups attached to an aromatic ring is 1. The summed E-state index contributed by atoms with van der Waals surface area (Å²) in [4.78, 5) is 42.6. The fourth-order valence-electron chi connectivity index (χ4n) is 5.54. The van der Waals surface area contributed by atoms with Gasteiger partial charge in [-0.25, -0.2) is 4.39 Å². The molecule has 5 rings (SSSR count). The third-order valence-electron chi connectivity index (χ3n) is 7.81. The van der Waals surface area contributed by atoms with Crippen LogP contribution in [0.2, 0.25) is 0 Å². The van der Waals surface area contributed by atoms with E-state index in [1.807, 2.05) is 30.3 Å². The molecule has 0 radical (unpaired) electrons. The lowest BCUT2D eigenvalue weighted by Crippen LogP contribution is -2.45. The Kier molecular flexibility index (Phi) is 9.81. The standard InChI is InChI=1S/C31H36FN5O4S/c32-22-15-13-21(14-16-22)27(30(39)34-18-24-12-7-17-41-24)37(19-20-8-3-1-4-9-20)31(40)28-25(33)26(36-42-28)29(38)35-23-10-5-2-6-11-23/h1,3-4,8-9,13-16,23-24,27H,2,5-7,10-12,17-19,33H2,(H,34,39)(H,35,38). The van der Waals surface area contributed by atoms with Gasteiger partial charge in [0.2, 0.25) is 5.91 Å². The average molecular weight is 594 g/mol. The first kappa shape index (κ1) is 29.7. The van der Waals surface area contributed by atoms with Crippen LogP contribution in [0.4, 0.5) is 10.1 Å². The lowest BCUT2D eigenvalue weighted by molar-refractivity contribution is -0.126. The van der Waals surface area contributed by atoms with Crippen molar-refractivity contribution in [3.05, 3.63) is 82.1 Å². The number of carbonyl (C=O) groups is 3. The molecular weight excluding hydrogens is 557 g/mol. The van der Waals surface area contributed by atoms with Crippen LogP contribution in [0.5, 0.6) is 0 Å². The minimum absolute atomic E-state index is 0.00903. The van der Waals surface area contributed by atoms with Crippen LogP contribution in [-0.4, -0.2) is 52.3 Å². The molecule has 2 heterocycles. The second-order valence-electron chi connectivity index (χ2n) is 10.8. The number of carbonyl (C=O) groups excluding carboxylic acids is 3. The number of halogens is 1. The molecule has 0 spiro atoms. The number of hydrogen-bond acceptors (Lipinski definition) is 7. The molecule has 3 aromatic rings. The van der Waals surface area contributed by atoms with E-state index in [0.29, 0.717) is 12.2 Å². The zero-order valence-corrected chi connectivity index (χ0v) is 24.2. The van der Waals surface area contributed by atoms with Crippen molar-refractivity contribution in [1.29, 1.82) is 0 Å². The SMILES string of the molecule is Nc1c(C(=O)NC2CCCCC2)nsc1C(=O)N(Cc1ccccc1)C(C(=O)NCC1CCCO1)c1ccc(F)cc1. The molecule has 11 heteroatoms. The van der Waals surface area contributed by atoms with Gasteiger partial charge in [-0.15, -0.1) is 0 Å². The van der Waals surface area contributed by atoms with Crippen molar-refractivity contribution in [3.63, 3.8) is 0 Å². The van der Waals surface area contributed by atoms with Gasteiger partial charge in [0, 0.05) is 25.7 Å². The molecule has 2 atom stereocenters. The van der Waals surface area contributed by atoms with Gasteiger partial charge >= 0.3 is 0 Å². The van der Waals surface area contributed by atoms with E-state index < -0.39 is 29.6 Å². The van der Waals surface area contributed by atoms with Crippen LogP contribution in [0.25, 0.3) is 0 Å². The summed E-state index contributed by atoms with van der Waals surface area (Å²) in [6, 6.07) is 13.7. The summed E-state index contributed by atoms with van der Waals surface area (Å²) in [5.41, 5.74) is 7.60. The topological polar surface area (TPSA) is 127 Å². The Balaban J connectivity index is 1.46. The Hall–Kier alpha value is -3.83. The Morgan fingerprint density at radius 1 is 1.02 bits per heavy atom. The van der Waals surface area contributed by atoms with Crippen LogP contribution < -0.4 is 16.4 Å². The van der Waals surface area contributed by atoms with Gasteiger partial charge in [-0.2, -0.15) is 4.37 Å². The largest absolute Gasteiger partial charge is 0.395 e. The lowest BCUT2D eigenvalue weighted by atomic mass is 9.95. The molecule has 1 saturated carbocycles. The summed E-state index contributed by atoms with van der Waals surface area (Å²) in [6.45, 7) is 0.996. The van der Waals surface area contributed by atoms with Crippen molar-refractivity contribution >= 4 is 34.9 Å². The van der Waals surface area contributed by atoms with Gasteiger partial charge < -0.3 is 26.0 Å². The molecule has 222 valence electrons. The molecule has 0 bridgehead atoms. The summed E-state index contributed by atoms with van der Waals surface area (Å²) < 4.78 is 23.8. The highest BCUT2D eigenvalue weighted by Crippen LogP contribution is 2.31. The molecule has 1 saturated heterocycles. The number of amides is 3. The molecule has 1 aromatic heterocycles. The highest BCUT2D eigenvalue weighted by molar-refractivity contribution is 7.09. The number of nitrogens with zero attached hydrogens (tertiary/aromatic N) is 2. The number of hydrogen-bond donors (Lipinski definition) is 3. The second-order valence-corrected chi connectivity index (χ2v) is 11.6. The van der Waals surface area contributed by atoms with Gasteiger partial charge in [0.15, 0.2) is 5.69 Å². The first-order valence-electron chi connectivity index (χ1n) is 14.5. The molecule has 42 heavy (non-hydrogen) atoms. The third-order valence-corrected chi connectivity index (χ3v) is 8.66. The normalized spacial score (nSPS) is 17.9. The molecule has 1 aliphatic heterocycles. The number of benzene rings is 2. The highest BCUT2D eigenvalue weighted by atomic mass is 32.1. The van der Waals surface area contributed by atoms with E-state index in [1.54, 1.807) is 0 Å². The summed E-state index contributed by atoms with van der Waals surface area (Å²) in [5.74, 6) is -1.85. The van der Waals surface area contributed by atoms with Crippen molar-refractivity contribution in [2.75, 3.05) is 18.9 Å². The van der Waals surface area contributed by atoms with Crippen molar-refractivity contribution in [1.82, 2.24) is 19.9 Å². The van der Waals surface area contributed by atoms with Crippen molar-refractivity contribution in [2.24, 2.45) is 0 Å². The van der Waals surface area contributed by atoms with E-state index in [-0.39, 0.29) is 41.5 Å². The molecule has 9 nitrogen and oxygen atoms in total. The monoisotopic (exact) mass is 593 g/mol. The van der Waals surface area contributed by atoms with Crippen LogP contribution >= 0.6 is 11.5 Å². The van der Waals surface area contributed by atoms with Gasteiger partial charge in [0.25, 0.3) is 11.8 Å². The first-order chi connectivity index (χ1) is 20.4. The number of rotatable bonds is 10. The summed E-state index contributed by atoms with van der Waals surface area (Å²) in [6.07, 6.45) is 6.68. The zero-order valence-electron chi connectivity index (χ0n) is 23.4. The van der Waals surface area contributed by atoms with E-state index in [0.717, 1.165) is 62.0 Å². The van der Waals surface area contributed by atoms with Crippen molar-refractivity contribution in [3.8, 4) is 0 Å². The predicted octanol–water partition coefficient (Wildman–Crippen LogP) is 4.61. The van der Waals surface area contributed by atoms with E-state index in [9.17, 15) is 18.8 Å². The van der Waals surface area contributed by atoms with Crippen LogP contribution in [0.3, 0.4) is 0 Å². The average Bonchev–Trinajstić information content (AvgIpc) is 3.67. The number of nitrogens with two attached hydrogens (primary N) is 1. The molecule has 2 aliphatic rings. The quantitative estimate of drug-likeness (QED) is 0.315. The van der Waals surface area contributed by atoms with Crippen LogP contribution in [0, 0.1) is 5.82 Å². The van der Waals surface area contributed by atoms with E-state index >= 15 is 0 Å². The molecule has 1 aliphatic carbocycles. The van der Waals surface area contributed by atoms with Crippen LogP contribution in [0.15, 0.2) is 54.6 Å². The summed E-state index contributed by atoms with van der Waals surface area (Å²) in [7, 11) is 0. The maximum absolute atomic E-state index is 14.2. The molecule has 2 fully saturated rings. The van der Waals surface area contributed by atoms with Crippen LogP contribution in [-0.2, 0) is 16.1 Å². The maximum Gasteiger partial charge on any atom is 0.273 e. The lowest BCUT2D eigenvalue weighted by Gasteiger charge is -2.31. The smallest absolute Gasteiger partial charge is 0.273 e. The summed E-state index contributed by atoms with van der Waals surface area (Å²) in [5, 5.41) is 5.94. The van der Waals surface area contributed by atoms with E-state index in [2.05, 4.69) is 15.0 Å². The Morgan fingerprint density at radius 2 is 1.76 bits per heavy atom. The number of aromatic nitrogens is 1. The molecule has 4 N–H and O–H groups in total. The first-order valence-corrected chi connectivity index (χ1v) is 15.2. The number of anilines is 1. The number of ether oxygens (including phenoxy) is 1. The van der Waals surface area contributed by atoms with Gasteiger partial charge in [-0.3, -0.25) is 14.4 Å². The van der Waals surface area contributed by atoms with Gasteiger partial charge in [-0.05, 0) is 60.5 Å². The van der Waals surface area contributed by atoms with Crippen LogP contribution in [0.1, 0.15) is 82.3 Å². The highest BCUT2D eigenvalue weighted by Gasteiger charge is 2.36. The minimum atomic E-state index is -1.11. The molecule has 2 unspecified atom stereocenters. The Morgan fingerprint density at radius 3 is 2.45 bits per heavy atom. The van der Waals surface area contributed by atoms with Crippen molar-refractivity contribution < 1.29 is 23.5 Å². The fraction of sp³-hybridized carbons (Fsp3) is 0.419. The maximum atomic E-state index is 14.2. The minimum Gasteiger partial charge on any atom is -0.395 e. The Bertz CT molecular complexity index is 1370. The Labute approximate surface area is 248 Å². The second kappa shape index (κ2) is 13.9. The summed E-state index contributed by atoms with van der Waals surface area (Å²) >= 11 is 0.835. The van der Waals surface area contributed by atoms with Gasteiger partial charge in [-0.1, -0.05) is 61.7 Å².